The van der Waals surface area contributed by atoms with Crippen molar-refractivity contribution >= 4 is 23.2 Å². The van der Waals surface area contributed by atoms with Crippen molar-refractivity contribution in [2.75, 3.05) is 13.1 Å². The molecular weight excluding hydrogens is 264 g/mol. The van der Waals surface area contributed by atoms with Crippen LogP contribution in [0.3, 0.4) is 0 Å². The molecule has 0 bridgehead atoms. The summed E-state index contributed by atoms with van der Waals surface area (Å²) in [6.07, 6.45) is 0.758. The van der Waals surface area contributed by atoms with Crippen LogP contribution in [0, 0.1) is 0 Å². The number of piperazine rings is 1. The SMILES string of the molecule is CCC1C(=O)NCCN1Cc1ccsc1C(=O)NN. The van der Waals surface area contributed by atoms with Crippen molar-refractivity contribution in [2.45, 2.75) is 25.9 Å². The molecule has 2 heterocycles. The second-order valence-electron chi connectivity index (χ2n) is 4.43. The number of rotatable bonds is 4. The molecule has 1 fully saturated rings. The predicted molar refractivity (Wildman–Crippen MR) is 73.5 cm³/mol. The molecule has 1 aromatic heterocycles. The summed E-state index contributed by atoms with van der Waals surface area (Å²) < 4.78 is 0. The fourth-order valence-corrected chi connectivity index (χ4v) is 3.16. The Morgan fingerprint density at radius 3 is 3.16 bits per heavy atom. The molecule has 1 atom stereocenters. The highest BCUT2D eigenvalue weighted by molar-refractivity contribution is 7.12. The molecule has 19 heavy (non-hydrogen) atoms. The maximum absolute atomic E-state index is 11.8. The molecule has 0 aromatic carbocycles. The van der Waals surface area contributed by atoms with Crippen LogP contribution in [0.2, 0.25) is 0 Å². The van der Waals surface area contributed by atoms with Crippen LogP contribution in [0.4, 0.5) is 0 Å². The van der Waals surface area contributed by atoms with Gasteiger partial charge < -0.3 is 5.32 Å². The molecule has 0 aliphatic carbocycles. The lowest BCUT2D eigenvalue weighted by Crippen LogP contribution is -2.54. The third-order valence-electron chi connectivity index (χ3n) is 3.29. The Bertz CT molecular complexity index is 474. The molecule has 0 saturated carbocycles. The number of carbonyl (C=O) groups excluding carboxylic acids is 2. The summed E-state index contributed by atoms with van der Waals surface area (Å²) in [4.78, 5) is 26.1. The third kappa shape index (κ3) is 2.94. The highest BCUT2D eigenvalue weighted by Gasteiger charge is 2.28. The lowest BCUT2D eigenvalue weighted by atomic mass is 10.1. The van der Waals surface area contributed by atoms with E-state index < -0.39 is 0 Å². The van der Waals surface area contributed by atoms with Crippen molar-refractivity contribution in [1.29, 1.82) is 0 Å². The van der Waals surface area contributed by atoms with E-state index in [2.05, 4.69) is 15.6 Å². The fourth-order valence-electron chi connectivity index (χ4n) is 2.34. The van der Waals surface area contributed by atoms with Crippen LogP contribution < -0.4 is 16.6 Å². The molecule has 2 amide bonds. The maximum Gasteiger partial charge on any atom is 0.275 e. The minimum atomic E-state index is -0.278. The number of nitrogens with zero attached hydrogens (tertiary/aromatic N) is 1. The smallest absolute Gasteiger partial charge is 0.275 e. The first-order valence-electron chi connectivity index (χ1n) is 6.26. The molecule has 0 radical (unpaired) electrons. The van der Waals surface area contributed by atoms with E-state index in [9.17, 15) is 9.59 Å². The third-order valence-corrected chi connectivity index (χ3v) is 4.24. The van der Waals surface area contributed by atoms with Crippen LogP contribution >= 0.6 is 11.3 Å². The highest BCUT2D eigenvalue weighted by atomic mass is 32.1. The van der Waals surface area contributed by atoms with E-state index in [-0.39, 0.29) is 17.9 Å². The Hall–Kier alpha value is -1.44. The topological polar surface area (TPSA) is 87.5 Å². The number of carbonyl (C=O) groups is 2. The number of hydrazine groups is 1. The van der Waals surface area contributed by atoms with Crippen LogP contribution in [-0.4, -0.2) is 35.8 Å². The minimum Gasteiger partial charge on any atom is -0.353 e. The summed E-state index contributed by atoms with van der Waals surface area (Å²) in [7, 11) is 0. The zero-order valence-corrected chi connectivity index (χ0v) is 11.6. The molecule has 6 nitrogen and oxygen atoms in total. The molecular formula is C12H18N4O2S. The van der Waals surface area contributed by atoms with E-state index in [0.29, 0.717) is 18.0 Å². The van der Waals surface area contributed by atoms with Gasteiger partial charge in [-0.15, -0.1) is 11.3 Å². The summed E-state index contributed by atoms with van der Waals surface area (Å²) >= 11 is 1.36. The van der Waals surface area contributed by atoms with Gasteiger partial charge in [-0.2, -0.15) is 0 Å². The Balaban J connectivity index is 2.14. The first kappa shape index (κ1) is 14.0. The summed E-state index contributed by atoms with van der Waals surface area (Å²) in [6.45, 7) is 4.03. The molecule has 0 spiro atoms. The van der Waals surface area contributed by atoms with E-state index in [1.807, 2.05) is 18.4 Å². The summed E-state index contributed by atoms with van der Waals surface area (Å²) in [6, 6.07) is 1.79. The van der Waals surface area contributed by atoms with Crippen molar-refractivity contribution in [1.82, 2.24) is 15.6 Å². The van der Waals surface area contributed by atoms with Gasteiger partial charge in [0.15, 0.2) is 0 Å². The second-order valence-corrected chi connectivity index (χ2v) is 5.35. The normalized spacial score (nSPS) is 20.1. The van der Waals surface area contributed by atoms with Crippen molar-refractivity contribution in [3.63, 3.8) is 0 Å². The quantitative estimate of drug-likeness (QED) is 0.414. The number of hydrogen-bond donors (Lipinski definition) is 3. The summed E-state index contributed by atoms with van der Waals surface area (Å²) in [5, 5.41) is 4.73. The molecule has 1 aromatic rings. The van der Waals surface area contributed by atoms with Gasteiger partial charge in [-0.1, -0.05) is 6.92 Å². The van der Waals surface area contributed by atoms with Crippen molar-refractivity contribution in [2.24, 2.45) is 5.84 Å². The Labute approximate surface area is 115 Å². The average molecular weight is 282 g/mol. The van der Waals surface area contributed by atoms with Crippen LogP contribution in [0.15, 0.2) is 11.4 Å². The molecule has 1 aliphatic rings. The fraction of sp³-hybridized carbons (Fsp3) is 0.500. The van der Waals surface area contributed by atoms with Gasteiger partial charge in [0, 0.05) is 19.6 Å². The van der Waals surface area contributed by atoms with Crippen LogP contribution in [0.5, 0.6) is 0 Å². The van der Waals surface area contributed by atoms with Gasteiger partial charge in [0.05, 0.1) is 10.9 Å². The number of nitrogens with two attached hydrogens (primary N) is 1. The van der Waals surface area contributed by atoms with E-state index in [1.165, 1.54) is 11.3 Å². The summed E-state index contributed by atoms with van der Waals surface area (Å²) in [5.41, 5.74) is 3.07. The van der Waals surface area contributed by atoms with Gasteiger partial charge >= 0.3 is 0 Å². The molecule has 2 rings (SSSR count). The molecule has 1 saturated heterocycles. The first-order valence-corrected chi connectivity index (χ1v) is 7.14. The van der Waals surface area contributed by atoms with Crippen LogP contribution in [-0.2, 0) is 11.3 Å². The largest absolute Gasteiger partial charge is 0.353 e. The van der Waals surface area contributed by atoms with Gasteiger partial charge in [-0.25, -0.2) is 5.84 Å². The van der Waals surface area contributed by atoms with E-state index >= 15 is 0 Å². The van der Waals surface area contributed by atoms with E-state index in [1.54, 1.807) is 0 Å². The monoisotopic (exact) mass is 282 g/mol. The number of nitrogen functional groups attached to an aromatic ring is 1. The molecule has 104 valence electrons. The number of thiophene rings is 1. The maximum atomic E-state index is 11.8. The lowest BCUT2D eigenvalue weighted by Gasteiger charge is -2.34. The Kier molecular flexibility index (Phi) is 4.52. The van der Waals surface area contributed by atoms with E-state index in [0.717, 1.165) is 18.5 Å². The Morgan fingerprint density at radius 1 is 1.68 bits per heavy atom. The van der Waals surface area contributed by atoms with Crippen LogP contribution in [0.1, 0.15) is 28.6 Å². The number of nitrogens with one attached hydrogen (secondary N) is 2. The van der Waals surface area contributed by atoms with Crippen molar-refractivity contribution in [3.05, 3.63) is 21.9 Å². The Morgan fingerprint density at radius 2 is 2.47 bits per heavy atom. The van der Waals surface area contributed by atoms with Gasteiger partial charge in [0.2, 0.25) is 5.91 Å². The lowest BCUT2D eigenvalue weighted by molar-refractivity contribution is -0.129. The highest BCUT2D eigenvalue weighted by Crippen LogP contribution is 2.21. The molecule has 1 unspecified atom stereocenters. The predicted octanol–water partition coefficient (Wildman–Crippen LogP) is 0.0620. The van der Waals surface area contributed by atoms with E-state index in [4.69, 9.17) is 5.84 Å². The van der Waals surface area contributed by atoms with Crippen molar-refractivity contribution in [3.8, 4) is 0 Å². The molecule has 4 N–H and O–H groups in total. The van der Waals surface area contributed by atoms with Gasteiger partial charge in [0.1, 0.15) is 0 Å². The molecule has 1 aliphatic heterocycles. The second kappa shape index (κ2) is 6.14. The zero-order chi connectivity index (χ0) is 13.8. The summed E-state index contributed by atoms with van der Waals surface area (Å²) in [5.74, 6) is 4.96. The first-order chi connectivity index (χ1) is 9.17. The van der Waals surface area contributed by atoms with Crippen molar-refractivity contribution < 1.29 is 9.59 Å². The zero-order valence-electron chi connectivity index (χ0n) is 10.8. The van der Waals surface area contributed by atoms with Gasteiger partial charge in [0.25, 0.3) is 5.91 Å². The van der Waals surface area contributed by atoms with Crippen LogP contribution in [0.25, 0.3) is 0 Å². The standard InChI is InChI=1S/C12H18N4O2S/c1-2-9-11(17)14-4-5-16(9)7-8-3-6-19-10(8)12(18)15-13/h3,6,9H,2,4-5,7,13H2,1H3,(H,14,17)(H,15,18). The minimum absolute atomic E-state index is 0.0637. The average Bonchev–Trinajstić information content (AvgIpc) is 2.86. The van der Waals surface area contributed by atoms with Gasteiger partial charge in [-0.3, -0.25) is 19.9 Å². The number of amides is 2. The number of hydrogen-bond acceptors (Lipinski definition) is 5. The molecule has 7 heteroatoms. The van der Waals surface area contributed by atoms with Gasteiger partial charge in [-0.05, 0) is 23.4 Å².